The highest BCUT2D eigenvalue weighted by molar-refractivity contribution is 5.77. The number of fused-ring (bicyclic) bond motifs is 1. The van der Waals surface area contributed by atoms with E-state index >= 15 is 0 Å². The molecule has 9 nitrogen and oxygen atoms in total. The van der Waals surface area contributed by atoms with E-state index in [1.165, 1.54) is 4.85 Å². The van der Waals surface area contributed by atoms with Gasteiger partial charge in [-0.15, -0.1) is 5.10 Å². The molecule has 0 bridgehead atoms. The van der Waals surface area contributed by atoms with Crippen LogP contribution in [0.25, 0.3) is 11.0 Å². The number of nitrogens with zero attached hydrogens (tertiary/aromatic N) is 3. The van der Waals surface area contributed by atoms with Crippen molar-refractivity contribution >= 4 is 16.9 Å². The minimum Gasteiger partial charge on any atom is -0.385 e. The fraction of sp³-hybridized carbons (Fsp3) is 0.611. The van der Waals surface area contributed by atoms with Gasteiger partial charge in [0, 0.05) is 6.54 Å². The molecule has 0 radical (unpaired) electrons. The van der Waals surface area contributed by atoms with Gasteiger partial charge in [-0.05, 0) is 75.8 Å². The molecule has 1 aromatic heterocycles. The highest BCUT2D eigenvalue weighted by atomic mass is 16.7. The van der Waals surface area contributed by atoms with E-state index in [-0.39, 0.29) is 12.5 Å². The van der Waals surface area contributed by atoms with Gasteiger partial charge in [0.2, 0.25) is 0 Å². The fourth-order valence-corrected chi connectivity index (χ4v) is 2.53. The van der Waals surface area contributed by atoms with Crippen LogP contribution in [0.2, 0.25) is 0 Å². The lowest BCUT2D eigenvalue weighted by molar-refractivity contribution is -0.126. The molecule has 27 heavy (non-hydrogen) atoms. The van der Waals surface area contributed by atoms with Gasteiger partial charge in [-0.1, -0.05) is 17.0 Å². The Morgan fingerprint density at radius 2 is 1.70 bits per heavy atom. The van der Waals surface area contributed by atoms with Crippen LogP contribution >= 0.6 is 0 Å². The Bertz CT molecular complexity index is 662. The van der Waals surface area contributed by atoms with Gasteiger partial charge in [0.1, 0.15) is 11.0 Å². The van der Waals surface area contributed by atoms with E-state index < -0.39 is 0 Å². The minimum absolute atomic E-state index is 0.0854. The Morgan fingerprint density at radius 3 is 2.48 bits per heavy atom. The molecule has 0 aliphatic heterocycles. The summed E-state index contributed by atoms with van der Waals surface area (Å²) < 4.78 is 0. The maximum Gasteiger partial charge on any atom is 0.260 e. The van der Waals surface area contributed by atoms with E-state index in [9.17, 15) is 4.79 Å². The predicted octanol–water partition coefficient (Wildman–Crippen LogP) is -0.326. The SMILES string of the molecule is NCCCNCCCCNCCCNC(=O)COn1nnc2ccccc21. The average Bonchev–Trinajstić information content (AvgIpc) is 3.10. The van der Waals surface area contributed by atoms with Crippen molar-refractivity contribution in [3.8, 4) is 0 Å². The number of hydrogen-bond acceptors (Lipinski definition) is 7. The number of rotatable bonds is 15. The molecule has 2 rings (SSSR count). The van der Waals surface area contributed by atoms with Crippen LogP contribution in [0.3, 0.4) is 0 Å². The number of aromatic nitrogens is 3. The lowest BCUT2D eigenvalue weighted by atomic mass is 10.3. The summed E-state index contributed by atoms with van der Waals surface area (Å²) in [4.78, 5) is 18.5. The first kappa shape index (κ1) is 21.1. The molecule has 0 aliphatic carbocycles. The van der Waals surface area contributed by atoms with Gasteiger partial charge in [0.15, 0.2) is 6.61 Å². The Labute approximate surface area is 160 Å². The maximum atomic E-state index is 11.8. The van der Waals surface area contributed by atoms with Crippen LogP contribution in [0.1, 0.15) is 25.7 Å². The number of para-hydroxylation sites is 1. The average molecular weight is 377 g/mol. The molecule has 1 heterocycles. The monoisotopic (exact) mass is 377 g/mol. The van der Waals surface area contributed by atoms with Gasteiger partial charge < -0.3 is 26.5 Å². The van der Waals surface area contributed by atoms with E-state index in [2.05, 4.69) is 26.3 Å². The van der Waals surface area contributed by atoms with Gasteiger partial charge >= 0.3 is 0 Å². The predicted molar refractivity (Wildman–Crippen MR) is 105 cm³/mol. The van der Waals surface area contributed by atoms with Crippen LogP contribution in [0.5, 0.6) is 0 Å². The third-order valence-electron chi connectivity index (χ3n) is 4.01. The van der Waals surface area contributed by atoms with E-state index in [0.717, 1.165) is 69.4 Å². The molecule has 0 spiro atoms. The standard InChI is InChI=1S/C18H31N7O2/c19-9-5-12-20-10-3-4-11-21-13-6-14-22-18(26)15-27-25-17-8-2-1-7-16(17)23-24-25/h1-2,7-8,20-21H,3-6,9-15,19H2,(H,22,26). The summed E-state index contributed by atoms with van der Waals surface area (Å²) in [5, 5.41) is 17.4. The number of amides is 1. The first-order valence-electron chi connectivity index (χ1n) is 9.63. The van der Waals surface area contributed by atoms with Crippen LogP contribution in [-0.4, -0.2) is 66.9 Å². The Hall–Kier alpha value is -2.23. The third-order valence-corrected chi connectivity index (χ3v) is 4.01. The quantitative estimate of drug-likeness (QED) is 0.314. The molecule has 0 saturated carbocycles. The lowest BCUT2D eigenvalue weighted by Crippen LogP contribution is -2.33. The summed E-state index contributed by atoms with van der Waals surface area (Å²) in [6.45, 7) is 5.20. The molecule has 150 valence electrons. The van der Waals surface area contributed by atoms with Crippen LogP contribution in [-0.2, 0) is 4.79 Å². The number of carbonyl (C=O) groups excluding carboxylic acids is 1. The van der Waals surface area contributed by atoms with E-state index in [1.54, 1.807) is 0 Å². The highest BCUT2D eigenvalue weighted by Gasteiger charge is 2.06. The van der Waals surface area contributed by atoms with E-state index in [1.807, 2.05) is 24.3 Å². The summed E-state index contributed by atoms with van der Waals surface area (Å²) in [7, 11) is 0. The van der Waals surface area contributed by atoms with Gasteiger partial charge in [-0.3, -0.25) is 4.79 Å². The first-order chi connectivity index (χ1) is 13.3. The summed E-state index contributed by atoms with van der Waals surface area (Å²) in [5.74, 6) is -0.168. The van der Waals surface area contributed by atoms with Crippen molar-refractivity contribution in [1.82, 2.24) is 31.1 Å². The molecule has 1 amide bonds. The topological polar surface area (TPSA) is 119 Å². The normalized spacial score (nSPS) is 11.0. The van der Waals surface area contributed by atoms with Crippen molar-refractivity contribution in [1.29, 1.82) is 0 Å². The maximum absolute atomic E-state index is 11.8. The van der Waals surface area contributed by atoms with Crippen LogP contribution in [0.15, 0.2) is 24.3 Å². The van der Waals surface area contributed by atoms with Crippen molar-refractivity contribution in [2.75, 3.05) is 45.9 Å². The second-order valence-corrected chi connectivity index (χ2v) is 6.28. The number of hydrogen-bond donors (Lipinski definition) is 4. The summed E-state index contributed by atoms with van der Waals surface area (Å²) in [5.41, 5.74) is 6.91. The van der Waals surface area contributed by atoms with Crippen LogP contribution < -0.4 is 26.5 Å². The number of benzene rings is 1. The van der Waals surface area contributed by atoms with Crippen LogP contribution in [0.4, 0.5) is 0 Å². The molecular formula is C18H31N7O2. The second-order valence-electron chi connectivity index (χ2n) is 6.28. The largest absolute Gasteiger partial charge is 0.385 e. The number of carbonyl (C=O) groups is 1. The molecule has 5 N–H and O–H groups in total. The zero-order valence-electron chi connectivity index (χ0n) is 15.8. The molecular weight excluding hydrogens is 346 g/mol. The zero-order chi connectivity index (χ0) is 19.2. The zero-order valence-corrected chi connectivity index (χ0v) is 15.8. The van der Waals surface area contributed by atoms with Crippen molar-refractivity contribution < 1.29 is 9.63 Å². The summed E-state index contributed by atoms with van der Waals surface area (Å²) in [6.07, 6.45) is 4.21. The second kappa shape index (κ2) is 13.0. The van der Waals surface area contributed by atoms with Crippen molar-refractivity contribution in [3.63, 3.8) is 0 Å². The number of nitrogens with one attached hydrogen (secondary N) is 3. The molecule has 0 fully saturated rings. The van der Waals surface area contributed by atoms with Crippen molar-refractivity contribution in [2.45, 2.75) is 25.7 Å². The van der Waals surface area contributed by atoms with Crippen molar-refractivity contribution in [2.24, 2.45) is 5.73 Å². The summed E-state index contributed by atoms with van der Waals surface area (Å²) in [6, 6.07) is 7.43. The minimum atomic E-state index is -0.168. The van der Waals surface area contributed by atoms with E-state index in [0.29, 0.717) is 6.54 Å². The van der Waals surface area contributed by atoms with Gasteiger partial charge in [0.05, 0.1) is 0 Å². The number of unbranched alkanes of at least 4 members (excludes halogenated alkanes) is 1. The molecule has 0 aliphatic rings. The van der Waals surface area contributed by atoms with Gasteiger partial charge in [0.25, 0.3) is 5.91 Å². The van der Waals surface area contributed by atoms with Crippen molar-refractivity contribution in [3.05, 3.63) is 24.3 Å². The van der Waals surface area contributed by atoms with Gasteiger partial charge in [-0.2, -0.15) is 0 Å². The van der Waals surface area contributed by atoms with Crippen LogP contribution in [0, 0.1) is 0 Å². The van der Waals surface area contributed by atoms with E-state index in [4.69, 9.17) is 10.6 Å². The molecule has 0 atom stereocenters. The Balaban J connectivity index is 1.43. The molecule has 2 aromatic rings. The molecule has 0 unspecified atom stereocenters. The fourth-order valence-electron chi connectivity index (χ4n) is 2.53. The Kier molecular flexibility index (Phi) is 10.2. The lowest BCUT2D eigenvalue weighted by Gasteiger charge is -2.08. The molecule has 1 aromatic carbocycles. The first-order valence-corrected chi connectivity index (χ1v) is 9.63. The number of nitrogens with two attached hydrogens (primary N) is 1. The molecule has 9 heteroatoms. The highest BCUT2D eigenvalue weighted by Crippen LogP contribution is 2.07. The smallest absolute Gasteiger partial charge is 0.260 e. The summed E-state index contributed by atoms with van der Waals surface area (Å²) >= 11 is 0. The van der Waals surface area contributed by atoms with Gasteiger partial charge in [-0.25, -0.2) is 0 Å². The third kappa shape index (κ3) is 8.33. The molecule has 0 saturated heterocycles. The Morgan fingerprint density at radius 1 is 1.00 bits per heavy atom.